The molecule has 1 spiro atoms. The lowest BCUT2D eigenvalue weighted by molar-refractivity contribution is -0.137. The molecule has 3 rings (SSSR count). The minimum absolute atomic E-state index is 0.0447. The van der Waals surface area contributed by atoms with Crippen molar-refractivity contribution in [3.05, 3.63) is 35.9 Å². The van der Waals surface area contributed by atoms with Gasteiger partial charge in [-0.15, -0.1) is 0 Å². The third-order valence-corrected chi connectivity index (χ3v) is 5.02. The number of aliphatic hydroxyl groups is 2. The SMILES string of the molecule is CC(C)(C)OC(=O)N1CC2(C[C@@H](O)[C@@H](O)CN2C(=O)OCc2ccccc2)C1. The summed E-state index contributed by atoms with van der Waals surface area (Å²) in [6, 6.07) is 9.30. The maximum atomic E-state index is 12.7. The molecule has 154 valence electrons. The van der Waals surface area contributed by atoms with Gasteiger partial charge in [-0.1, -0.05) is 30.3 Å². The Balaban J connectivity index is 1.66. The zero-order valence-electron chi connectivity index (χ0n) is 16.5. The standard InChI is InChI=1S/C20H28N2O6/c1-19(2,3)28-17(25)21-12-20(13-21)9-15(23)16(24)10-22(20)18(26)27-11-14-7-5-4-6-8-14/h4-8,15-16,23-24H,9-13H2,1-3H3/t15-,16+/m1/s1. The summed E-state index contributed by atoms with van der Waals surface area (Å²) >= 11 is 0. The first-order valence-corrected chi connectivity index (χ1v) is 9.42. The van der Waals surface area contributed by atoms with Crippen LogP contribution in [0, 0.1) is 0 Å². The lowest BCUT2D eigenvalue weighted by atomic mass is 9.78. The van der Waals surface area contributed by atoms with E-state index in [1.54, 1.807) is 20.8 Å². The first kappa shape index (κ1) is 20.4. The van der Waals surface area contributed by atoms with Gasteiger partial charge in [0.05, 0.1) is 24.3 Å². The minimum atomic E-state index is -1.05. The summed E-state index contributed by atoms with van der Waals surface area (Å²) in [5.41, 5.74) is -0.522. The molecule has 2 atom stereocenters. The molecule has 2 aliphatic rings. The fourth-order valence-electron chi connectivity index (χ4n) is 3.62. The van der Waals surface area contributed by atoms with Gasteiger partial charge in [0.1, 0.15) is 12.2 Å². The topological polar surface area (TPSA) is 99.5 Å². The zero-order chi connectivity index (χ0) is 20.5. The Morgan fingerprint density at radius 2 is 1.75 bits per heavy atom. The summed E-state index contributed by atoms with van der Waals surface area (Å²) in [6.07, 6.45) is -2.87. The van der Waals surface area contributed by atoms with E-state index in [-0.39, 0.29) is 32.7 Å². The molecule has 8 heteroatoms. The van der Waals surface area contributed by atoms with Crippen molar-refractivity contribution in [2.45, 2.75) is 57.1 Å². The monoisotopic (exact) mass is 392 g/mol. The van der Waals surface area contributed by atoms with Crippen molar-refractivity contribution in [3.8, 4) is 0 Å². The summed E-state index contributed by atoms with van der Waals surface area (Å²) in [7, 11) is 0. The van der Waals surface area contributed by atoms with Gasteiger partial charge < -0.3 is 24.6 Å². The van der Waals surface area contributed by atoms with Gasteiger partial charge >= 0.3 is 12.2 Å². The lowest BCUT2D eigenvalue weighted by Crippen LogP contribution is -2.76. The van der Waals surface area contributed by atoms with Gasteiger partial charge in [-0.3, -0.25) is 4.90 Å². The molecule has 0 aromatic heterocycles. The first-order valence-electron chi connectivity index (χ1n) is 9.42. The van der Waals surface area contributed by atoms with Crippen molar-refractivity contribution in [2.75, 3.05) is 19.6 Å². The molecule has 2 aliphatic heterocycles. The highest BCUT2D eigenvalue weighted by atomic mass is 16.6. The van der Waals surface area contributed by atoms with Gasteiger partial charge in [-0.2, -0.15) is 0 Å². The molecule has 1 aromatic rings. The molecule has 2 amide bonds. The van der Waals surface area contributed by atoms with Gasteiger partial charge in [-0.05, 0) is 26.3 Å². The molecule has 0 bridgehead atoms. The molecule has 2 heterocycles. The Hall–Kier alpha value is -2.32. The fourth-order valence-corrected chi connectivity index (χ4v) is 3.62. The van der Waals surface area contributed by atoms with Crippen LogP contribution in [-0.2, 0) is 16.1 Å². The number of nitrogens with zero attached hydrogens (tertiary/aromatic N) is 2. The van der Waals surface area contributed by atoms with E-state index >= 15 is 0 Å². The first-order chi connectivity index (χ1) is 13.1. The van der Waals surface area contributed by atoms with Gasteiger partial charge in [-0.25, -0.2) is 9.59 Å². The molecular formula is C20H28N2O6. The van der Waals surface area contributed by atoms with E-state index in [0.717, 1.165) is 5.56 Å². The van der Waals surface area contributed by atoms with Crippen molar-refractivity contribution in [2.24, 2.45) is 0 Å². The van der Waals surface area contributed by atoms with Crippen molar-refractivity contribution in [1.82, 2.24) is 9.80 Å². The highest BCUT2D eigenvalue weighted by Gasteiger charge is 2.57. The molecule has 2 N–H and O–H groups in total. The maximum Gasteiger partial charge on any atom is 0.410 e. The molecule has 0 unspecified atom stereocenters. The van der Waals surface area contributed by atoms with Crippen LogP contribution in [0.1, 0.15) is 32.8 Å². The highest BCUT2D eigenvalue weighted by Crippen LogP contribution is 2.38. The van der Waals surface area contributed by atoms with Crippen LogP contribution >= 0.6 is 0 Å². The number of β-amino-alcohol motifs (C(OH)–C–C–N with tert-alkyl or cyclic N) is 1. The molecule has 8 nitrogen and oxygen atoms in total. The Kier molecular flexibility index (Phi) is 5.54. The third kappa shape index (κ3) is 4.39. The number of hydrogen-bond acceptors (Lipinski definition) is 6. The zero-order valence-corrected chi connectivity index (χ0v) is 16.5. The van der Waals surface area contributed by atoms with Crippen LogP contribution in [0.3, 0.4) is 0 Å². The highest BCUT2D eigenvalue weighted by molar-refractivity contribution is 5.73. The van der Waals surface area contributed by atoms with E-state index < -0.39 is 35.5 Å². The number of amides is 2. The number of benzene rings is 1. The van der Waals surface area contributed by atoms with E-state index in [9.17, 15) is 19.8 Å². The second-order valence-electron chi connectivity index (χ2n) is 8.55. The van der Waals surface area contributed by atoms with Crippen LogP contribution in [0.25, 0.3) is 0 Å². The van der Waals surface area contributed by atoms with Crippen molar-refractivity contribution < 1.29 is 29.3 Å². The number of carbonyl (C=O) groups excluding carboxylic acids is 2. The minimum Gasteiger partial charge on any atom is -0.445 e. The number of likely N-dealkylation sites (tertiary alicyclic amines) is 2. The summed E-state index contributed by atoms with van der Waals surface area (Å²) in [5, 5.41) is 20.2. The van der Waals surface area contributed by atoms with Crippen molar-refractivity contribution in [3.63, 3.8) is 0 Å². The Morgan fingerprint density at radius 1 is 1.11 bits per heavy atom. The predicted molar refractivity (Wildman–Crippen MR) is 101 cm³/mol. The van der Waals surface area contributed by atoms with Gasteiger partial charge in [0.2, 0.25) is 0 Å². The van der Waals surface area contributed by atoms with Gasteiger partial charge in [0.25, 0.3) is 0 Å². The van der Waals surface area contributed by atoms with Crippen molar-refractivity contribution in [1.29, 1.82) is 0 Å². The molecule has 2 saturated heterocycles. The van der Waals surface area contributed by atoms with E-state index in [1.165, 1.54) is 9.80 Å². The van der Waals surface area contributed by atoms with E-state index in [2.05, 4.69) is 0 Å². The Bertz CT molecular complexity index is 711. The average molecular weight is 392 g/mol. The maximum absolute atomic E-state index is 12.7. The molecule has 0 radical (unpaired) electrons. The van der Waals surface area contributed by atoms with Crippen LogP contribution in [-0.4, -0.2) is 75.2 Å². The second-order valence-corrected chi connectivity index (χ2v) is 8.55. The summed E-state index contributed by atoms with van der Waals surface area (Å²) < 4.78 is 10.8. The van der Waals surface area contributed by atoms with E-state index in [4.69, 9.17) is 9.47 Å². The summed E-state index contributed by atoms with van der Waals surface area (Å²) in [4.78, 5) is 27.9. The number of aliphatic hydroxyl groups excluding tert-OH is 2. The van der Waals surface area contributed by atoms with Crippen LogP contribution in [0.2, 0.25) is 0 Å². The van der Waals surface area contributed by atoms with Gasteiger partial charge in [0.15, 0.2) is 0 Å². The smallest absolute Gasteiger partial charge is 0.410 e. The fraction of sp³-hybridized carbons (Fsp3) is 0.600. The molecular weight excluding hydrogens is 364 g/mol. The Morgan fingerprint density at radius 3 is 2.36 bits per heavy atom. The van der Waals surface area contributed by atoms with Crippen LogP contribution < -0.4 is 0 Å². The van der Waals surface area contributed by atoms with Crippen LogP contribution in [0.5, 0.6) is 0 Å². The number of rotatable bonds is 2. The second kappa shape index (κ2) is 7.60. The molecule has 0 saturated carbocycles. The number of ether oxygens (including phenoxy) is 2. The summed E-state index contributed by atoms with van der Waals surface area (Å²) in [5.74, 6) is 0. The Labute approximate surface area is 164 Å². The normalized spacial score (nSPS) is 23.9. The molecule has 28 heavy (non-hydrogen) atoms. The predicted octanol–water partition coefficient (Wildman–Crippen LogP) is 1.74. The van der Waals surface area contributed by atoms with Gasteiger partial charge in [0, 0.05) is 19.5 Å². The molecule has 2 fully saturated rings. The summed E-state index contributed by atoms with van der Waals surface area (Å²) in [6.45, 7) is 5.88. The number of hydrogen-bond donors (Lipinski definition) is 2. The quantitative estimate of drug-likeness (QED) is 0.795. The average Bonchev–Trinajstić information content (AvgIpc) is 2.59. The van der Waals surface area contributed by atoms with Crippen LogP contribution in [0.4, 0.5) is 9.59 Å². The third-order valence-electron chi connectivity index (χ3n) is 5.02. The lowest BCUT2D eigenvalue weighted by Gasteiger charge is -2.58. The number of piperidine rings is 1. The van der Waals surface area contributed by atoms with Crippen molar-refractivity contribution >= 4 is 12.2 Å². The van der Waals surface area contributed by atoms with E-state index in [0.29, 0.717) is 0 Å². The van der Waals surface area contributed by atoms with Crippen LogP contribution in [0.15, 0.2) is 30.3 Å². The molecule has 0 aliphatic carbocycles. The number of carbonyl (C=O) groups is 2. The largest absolute Gasteiger partial charge is 0.445 e. The molecule has 1 aromatic carbocycles. The van der Waals surface area contributed by atoms with E-state index in [1.807, 2.05) is 30.3 Å².